The van der Waals surface area contributed by atoms with Gasteiger partial charge in [0.25, 0.3) is 0 Å². The van der Waals surface area contributed by atoms with Gasteiger partial charge in [0.15, 0.2) is 5.78 Å². The van der Waals surface area contributed by atoms with E-state index in [1.54, 1.807) is 13.2 Å². The molecule has 3 atom stereocenters. The first-order chi connectivity index (χ1) is 19.2. The lowest BCUT2D eigenvalue weighted by Gasteiger charge is -2.32. The number of primary amides is 1. The minimum atomic E-state index is -0.859. The van der Waals surface area contributed by atoms with Gasteiger partial charge in [-0.3, -0.25) is 19.3 Å². The lowest BCUT2D eigenvalue weighted by atomic mass is 9.72. The molecule has 1 heterocycles. The molecule has 1 fully saturated rings. The van der Waals surface area contributed by atoms with E-state index in [-0.39, 0.29) is 45.2 Å². The van der Waals surface area contributed by atoms with Crippen molar-refractivity contribution in [3.05, 3.63) is 47.0 Å². The van der Waals surface area contributed by atoms with Crippen molar-refractivity contribution in [2.45, 2.75) is 51.5 Å². The summed E-state index contributed by atoms with van der Waals surface area (Å²) < 4.78 is 5.71. The first-order valence-corrected chi connectivity index (χ1v) is 14.1. The van der Waals surface area contributed by atoms with Crippen molar-refractivity contribution in [1.29, 1.82) is 0 Å². The number of aliphatic hydroxyl groups excluding tert-OH is 2. The summed E-state index contributed by atoms with van der Waals surface area (Å²) in [5.41, 5.74) is 9.04. The number of amides is 1. The van der Waals surface area contributed by atoms with Crippen LogP contribution in [0.4, 0.5) is 0 Å². The topological polar surface area (TPSA) is 182 Å². The minimum Gasteiger partial charge on any atom is -0.507 e. The van der Waals surface area contributed by atoms with Crippen molar-refractivity contribution < 1.29 is 42.8 Å². The molecule has 7 N–H and O–H groups in total. The lowest BCUT2D eigenvalue weighted by Crippen LogP contribution is -2.33. The van der Waals surface area contributed by atoms with Gasteiger partial charge in [-0.05, 0) is 91.9 Å². The zero-order valence-electron chi connectivity index (χ0n) is 23.6. The number of nitrogens with zero attached hydrogens (tertiary/aromatic N) is 1. The third-order valence-electron chi connectivity index (χ3n) is 8.36. The highest BCUT2D eigenvalue weighted by Gasteiger charge is 2.35. The number of aliphatic hydroxyl groups is 2. The quantitative estimate of drug-likeness (QED) is 0.263. The van der Waals surface area contributed by atoms with E-state index in [0.717, 1.165) is 41.9 Å². The second-order valence-electron chi connectivity index (χ2n) is 11.1. The molecule has 1 aliphatic carbocycles. The third kappa shape index (κ3) is 7.51. The van der Waals surface area contributed by atoms with Crippen LogP contribution < -0.4 is 10.5 Å². The molecule has 2 aromatic rings. The number of fused-ring (bicyclic) bond motifs is 1. The summed E-state index contributed by atoms with van der Waals surface area (Å²) in [5.74, 6) is -2.30. The average molecular weight is 575 g/mol. The fourth-order valence-electron chi connectivity index (χ4n) is 6.46. The van der Waals surface area contributed by atoms with Crippen LogP contribution in [0.1, 0.15) is 62.9 Å². The molecule has 41 heavy (non-hydrogen) atoms. The van der Waals surface area contributed by atoms with Gasteiger partial charge in [0.05, 0.1) is 25.7 Å². The van der Waals surface area contributed by atoms with Gasteiger partial charge < -0.3 is 31.3 Å². The second kappa shape index (κ2) is 14.5. The molecule has 2 aliphatic rings. The first-order valence-electron chi connectivity index (χ1n) is 14.1. The number of phenols is 1. The standard InChI is InChI=1S/C31H40N2O7.H2O.2H2/c1-40-29-7-4-19(17-33-9-2-3-10-33)13-23(29)22-5-6-26(36)31-24(22)14-20(15-28(31)38)12-21(8-11-34)25(18-35)27(37)16-30(32)39;;;/h4-7,13,20-21,25,34-36H,2-3,8-12,14-18H2,1H3,(H2,32,39);1H2;2*1H. The molecule has 0 spiro atoms. The maximum atomic E-state index is 13.4. The molecule has 1 aliphatic heterocycles. The van der Waals surface area contributed by atoms with E-state index in [9.17, 15) is 29.7 Å². The minimum absolute atomic E-state index is 0. The summed E-state index contributed by atoms with van der Waals surface area (Å²) in [6.07, 6.45) is 3.18. The van der Waals surface area contributed by atoms with Crippen LogP contribution >= 0.6 is 0 Å². The van der Waals surface area contributed by atoms with E-state index in [1.807, 2.05) is 12.1 Å². The smallest absolute Gasteiger partial charge is 0.224 e. The molecule has 1 amide bonds. The van der Waals surface area contributed by atoms with E-state index in [0.29, 0.717) is 24.2 Å². The van der Waals surface area contributed by atoms with Crippen molar-refractivity contribution in [3.8, 4) is 22.6 Å². The number of phenolic OH excluding ortho intramolecular Hbond substituents is 1. The number of ether oxygens (including phenoxy) is 1. The predicted molar refractivity (Wildman–Crippen MR) is 158 cm³/mol. The molecule has 0 saturated carbocycles. The van der Waals surface area contributed by atoms with Crippen LogP contribution in [0.2, 0.25) is 0 Å². The summed E-state index contributed by atoms with van der Waals surface area (Å²) in [4.78, 5) is 39.8. The van der Waals surface area contributed by atoms with Gasteiger partial charge in [0, 0.05) is 33.9 Å². The maximum Gasteiger partial charge on any atom is 0.224 e. The van der Waals surface area contributed by atoms with Gasteiger partial charge in [-0.2, -0.15) is 0 Å². The zero-order valence-corrected chi connectivity index (χ0v) is 23.6. The van der Waals surface area contributed by atoms with Crippen LogP contribution in [0.3, 0.4) is 0 Å². The van der Waals surface area contributed by atoms with Crippen LogP contribution in [0.25, 0.3) is 11.1 Å². The number of rotatable bonds is 13. The zero-order chi connectivity index (χ0) is 28.8. The van der Waals surface area contributed by atoms with Crippen molar-refractivity contribution in [3.63, 3.8) is 0 Å². The number of hydrogen-bond acceptors (Lipinski definition) is 8. The fraction of sp³-hybridized carbons (Fsp3) is 0.516. The molecule has 0 bridgehead atoms. The Morgan fingerprint density at radius 1 is 1.12 bits per heavy atom. The summed E-state index contributed by atoms with van der Waals surface area (Å²) in [6.45, 7) is 2.29. The fourth-order valence-corrected chi connectivity index (χ4v) is 6.46. The maximum absolute atomic E-state index is 13.4. The van der Waals surface area contributed by atoms with Crippen molar-refractivity contribution >= 4 is 17.5 Å². The number of carbonyl (C=O) groups excluding carboxylic acids is 3. The van der Waals surface area contributed by atoms with E-state index >= 15 is 0 Å². The van der Waals surface area contributed by atoms with Crippen LogP contribution in [-0.4, -0.2) is 76.6 Å². The molecule has 10 heteroatoms. The van der Waals surface area contributed by atoms with Gasteiger partial charge in [-0.25, -0.2) is 0 Å². The summed E-state index contributed by atoms with van der Waals surface area (Å²) >= 11 is 0. The number of ketones is 2. The first kappa shape index (κ1) is 32.2. The van der Waals surface area contributed by atoms with Gasteiger partial charge in [-0.1, -0.05) is 12.1 Å². The highest BCUT2D eigenvalue weighted by Crippen LogP contribution is 2.43. The highest BCUT2D eigenvalue weighted by atomic mass is 16.5. The predicted octanol–water partition coefficient (Wildman–Crippen LogP) is 2.52. The molecule has 1 saturated heterocycles. The van der Waals surface area contributed by atoms with E-state index in [2.05, 4.69) is 17.0 Å². The third-order valence-corrected chi connectivity index (χ3v) is 8.36. The molecule has 4 rings (SSSR count). The van der Waals surface area contributed by atoms with E-state index < -0.39 is 36.6 Å². The molecular formula is C31H46N2O8. The van der Waals surface area contributed by atoms with E-state index in [1.165, 1.54) is 12.8 Å². The molecular weight excluding hydrogens is 528 g/mol. The Hall–Kier alpha value is -3.31. The number of methoxy groups -OCH3 is 1. The number of nitrogens with two attached hydrogens (primary N) is 1. The van der Waals surface area contributed by atoms with Crippen LogP contribution in [-0.2, 0) is 22.6 Å². The largest absolute Gasteiger partial charge is 0.507 e. The SMILES string of the molecule is COc1ccc(CN2CCCC2)cc1-c1ccc(O)c2c1CC(CC(CCO)C(CO)C(=O)CC(N)=O)CC2=O.O.[HH].[HH]. The van der Waals surface area contributed by atoms with Gasteiger partial charge in [-0.15, -0.1) is 0 Å². The monoisotopic (exact) mass is 574 g/mol. The number of benzene rings is 2. The Balaban J connectivity index is 0.00000308. The summed E-state index contributed by atoms with van der Waals surface area (Å²) in [5, 5.41) is 30.4. The Kier molecular flexibility index (Phi) is 11.4. The number of Topliss-reactive ketones (excluding diaryl/α,β-unsaturated/α-hetero) is 2. The molecule has 0 radical (unpaired) electrons. The number of aromatic hydroxyl groups is 1. The van der Waals surface area contributed by atoms with Gasteiger partial charge in [0.2, 0.25) is 5.91 Å². The van der Waals surface area contributed by atoms with Crippen molar-refractivity contribution in [1.82, 2.24) is 4.90 Å². The van der Waals surface area contributed by atoms with Crippen LogP contribution in [0.15, 0.2) is 30.3 Å². The lowest BCUT2D eigenvalue weighted by molar-refractivity contribution is -0.131. The number of likely N-dealkylation sites (tertiary alicyclic amines) is 1. The van der Waals surface area contributed by atoms with Crippen LogP contribution in [0, 0.1) is 17.8 Å². The van der Waals surface area contributed by atoms with Crippen molar-refractivity contribution in [2.75, 3.05) is 33.4 Å². The Bertz CT molecular complexity index is 1250. The van der Waals surface area contributed by atoms with E-state index in [4.69, 9.17) is 10.5 Å². The second-order valence-corrected chi connectivity index (χ2v) is 11.1. The number of carbonyl (C=O) groups is 3. The summed E-state index contributed by atoms with van der Waals surface area (Å²) in [7, 11) is 1.61. The molecule has 3 unspecified atom stereocenters. The van der Waals surface area contributed by atoms with Gasteiger partial charge >= 0.3 is 0 Å². The molecule has 0 aromatic heterocycles. The van der Waals surface area contributed by atoms with Crippen molar-refractivity contribution in [2.24, 2.45) is 23.5 Å². The Labute approximate surface area is 243 Å². The average Bonchev–Trinajstić information content (AvgIpc) is 3.42. The Morgan fingerprint density at radius 3 is 2.49 bits per heavy atom. The Morgan fingerprint density at radius 2 is 1.85 bits per heavy atom. The molecule has 2 aromatic carbocycles. The van der Waals surface area contributed by atoms with Crippen LogP contribution in [0.5, 0.6) is 11.5 Å². The van der Waals surface area contributed by atoms with Gasteiger partial charge in [0.1, 0.15) is 17.3 Å². The summed E-state index contributed by atoms with van der Waals surface area (Å²) in [6, 6.07) is 9.46. The molecule has 228 valence electrons. The highest BCUT2D eigenvalue weighted by molar-refractivity contribution is 6.03. The number of hydrogen-bond donors (Lipinski definition) is 4. The normalized spacial score (nSPS) is 18.3. The molecule has 10 nitrogen and oxygen atoms in total.